The van der Waals surface area contributed by atoms with Crippen molar-refractivity contribution in [2.45, 2.75) is 63.5 Å². The maximum absolute atomic E-state index is 5.83. The zero-order chi connectivity index (χ0) is 19.0. The molecule has 0 spiro atoms. The Morgan fingerprint density at radius 2 is 1.00 bits per heavy atom. The van der Waals surface area contributed by atoms with Crippen molar-refractivity contribution in [1.29, 1.82) is 0 Å². The highest BCUT2D eigenvalue weighted by atomic mass is 16.5. The van der Waals surface area contributed by atoms with Crippen LogP contribution in [0.3, 0.4) is 0 Å². The van der Waals surface area contributed by atoms with Gasteiger partial charge in [-0.2, -0.15) is 0 Å². The topological polar surface area (TPSA) is 77.0 Å². The fourth-order valence-corrected chi connectivity index (χ4v) is 3.52. The van der Waals surface area contributed by atoms with Crippen molar-refractivity contribution in [3.63, 3.8) is 0 Å². The maximum Gasteiger partial charge on any atom is 0.0462 e. The van der Waals surface area contributed by atoms with Crippen LogP contribution >= 0.6 is 0 Å². The molecule has 0 amide bonds. The molecule has 0 unspecified atom stereocenters. The first-order valence-corrected chi connectivity index (χ1v) is 10.6. The molecule has 2 saturated heterocycles. The largest absolute Gasteiger partial charge is 0.385 e. The number of rotatable bonds is 10. The molecule has 0 bridgehead atoms. The molecule has 26 heavy (non-hydrogen) atoms. The van der Waals surface area contributed by atoms with Gasteiger partial charge >= 0.3 is 0 Å². The zero-order valence-corrected chi connectivity index (χ0v) is 17.3. The van der Waals surface area contributed by atoms with Crippen LogP contribution < -0.4 is 11.5 Å². The lowest BCUT2D eigenvalue weighted by Crippen LogP contribution is -2.40. The van der Waals surface area contributed by atoms with Crippen molar-refractivity contribution in [2.75, 3.05) is 66.7 Å². The quantitative estimate of drug-likeness (QED) is 0.568. The van der Waals surface area contributed by atoms with Gasteiger partial charge < -0.3 is 30.7 Å². The van der Waals surface area contributed by atoms with Gasteiger partial charge in [-0.3, -0.25) is 0 Å². The molecule has 0 atom stereocenters. The summed E-state index contributed by atoms with van der Waals surface area (Å²) in [6.45, 7) is 8.98. The molecule has 0 aromatic rings. The van der Waals surface area contributed by atoms with Crippen molar-refractivity contribution >= 4 is 0 Å². The van der Waals surface area contributed by atoms with Gasteiger partial charge in [-0.15, -0.1) is 0 Å². The average molecular weight is 373 g/mol. The molecule has 6 heteroatoms. The minimum absolute atomic E-state index is 0.454. The van der Waals surface area contributed by atoms with Crippen LogP contribution in [0.15, 0.2) is 0 Å². The van der Waals surface area contributed by atoms with Gasteiger partial charge in [-0.05, 0) is 90.6 Å². The van der Waals surface area contributed by atoms with E-state index in [9.17, 15) is 0 Å². The fourth-order valence-electron chi connectivity index (χ4n) is 3.52. The molecule has 2 fully saturated rings. The van der Waals surface area contributed by atoms with Crippen LogP contribution in [-0.4, -0.2) is 88.6 Å². The lowest BCUT2D eigenvalue weighted by Gasteiger charge is -2.29. The standard InChI is InChI=1S/2C10H22N2O/c2*1-13-9-3-2-6-12-7-4-10(11)5-8-12/h2*10H,2-9,11H2,1H3. The molecule has 0 aromatic carbocycles. The Morgan fingerprint density at radius 3 is 1.31 bits per heavy atom. The van der Waals surface area contributed by atoms with Gasteiger partial charge in [0.1, 0.15) is 0 Å². The minimum atomic E-state index is 0.454. The van der Waals surface area contributed by atoms with E-state index in [1.165, 1.54) is 90.6 Å². The third-order valence-electron chi connectivity index (χ3n) is 5.41. The van der Waals surface area contributed by atoms with Crippen molar-refractivity contribution in [2.24, 2.45) is 11.5 Å². The highest BCUT2D eigenvalue weighted by molar-refractivity contribution is 4.74. The Labute approximate surface area is 161 Å². The van der Waals surface area contributed by atoms with E-state index in [0.29, 0.717) is 12.1 Å². The van der Waals surface area contributed by atoms with E-state index in [1.54, 1.807) is 14.2 Å². The summed E-state index contributed by atoms with van der Waals surface area (Å²) < 4.78 is 10.0. The second kappa shape index (κ2) is 15.8. The molecule has 0 radical (unpaired) electrons. The summed E-state index contributed by atoms with van der Waals surface area (Å²) in [4.78, 5) is 5.03. The second-order valence-corrected chi connectivity index (χ2v) is 7.76. The summed E-state index contributed by atoms with van der Waals surface area (Å²) >= 11 is 0. The highest BCUT2D eigenvalue weighted by Crippen LogP contribution is 2.09. The van der Waals surface area contributed by atoms with E-state index in [4.69, 9.17) is 20.9 Å². The van der Waals surface area contributed by atoms with Gasteiger partial charge in [0.05, 0.1) is 0 Å². The van der Waals surface area contributed by atoms with Crippen LogP contribution in [0.2, 0.25) is 0 Å². The third kappa shape index (κ3) is 12.2. The number of likely N-dealkylation sites (tertiary alicyclic amines) is 2. The number of nitrogens with two attached hydrogens (primary N) is 2. The van der Waals surface area contributed by atoms with Crippen LogP contribution in [0.25, 0.3) is 0 Å². The first kappa shape index (κ1) is 23.8. The van der Waals surface area contributed by atoms with Crippen molar-refractivity contribution in [1.82, 2.24) is 9.80 Å². The molecule has 2 aliphatic rings. The van der Waals surface area contributed by atoms with Crippen molar-refractivity contribution in [3.05, 3.63) is 0 Å². The van der Waals surface area contributed by atoms with E-state index < -0.39 is 0 Å². The smallest absolute Gasteiger partial charge is 0.0462 e. The van der Waals surface area contributed by atoms with Crippen LogP contribution in [0.5, 0.6) is 0 Å². The average Bonchev–Trinajstić information content (AvgIpc) is 2.66. The van der Waals surface area contributed by atoms with E-state index in [1.807, 2.05) is 0 Å². The predicted molar refractivity (Wildman–Crippen MR) is 110 cm³/mol. The predicted octanol–water partition coefficient (Wildman–Crippen LogP) is 1.67. The monoisotopic (exact) mass is 372 g/mol. The molecule has 2 heterocycles. The number of nitrogens with zero attached hydrogens (tertiary/aromatic N) is 2. The summed E-state index contributed by atoms with van der Waals surface area (Å²) in [6.07, 6.45) is 9.55. The fraction of sp³-hybridized carbons (Fsp3) is 1.00. The first-order chi connectivity index (χ1) is 12.7. The Morgan fingerprint density at radius 1 is 0.654 bits per heavy atom. The van der Waals surface area contributed by atoms with Crippen molar-refractivity contribution in [3.8, 4) is 0 Å². The van der Waals surface area contributed by atoms with Gasteiger partial charge in [-0.1, -0.05) is 0 Å². The van der Waals surface area contributed by atoms with E-state index in [0.717, 1.165) is 13.2 Å². The molecular weight excluding hydrogens is 328 g/mol. The first-order valence-electron chi connectivity index (χ1n) is 10.6. The highest BCUT2D eigenvalue weighted by Gasteiger charge is 2.15. The van der Waals surface area contributed by atoms with E-state index in [-0.39, 0.29) is 0 Å². The molecule has 2 aliphatic heterocycles. The van der Waals surface area contributed by atoms with Gasteiger partial charge in [-0.25, -0.2) is 0 Å². The third-order valence-corrected chi connectivity index (χ3v) is 5.41. The summed E-state index contributed by atoms with van der Waals surface area (Å²) in [5, 5.41) is 0. The van der Waals surface area contributed by atoms with Crippen LogP contribution in [0.1, 0.15) is 51.4 Å². The molecule has 0 aliphatic carbocycles. The summed E-state index contributed by atoms with van der Waals surface area (Å²) in [6, 6.07) is 0.908. The lowest BCUT2D eigenvalue weighted by atomic mass is 10.1. The second-order valence-electron chi connectivity index (χ2n) is 7.76. The van der Waals surface area contributed by atoms with Gasteiger partial charge in [0.25, 0.3) is 0 Å². The van der Waals surface area contributed by atoms with Gasteiger partial charge in [0, 0.05) is 39.5 Å². The van der Waals surface area contributed by atoms with Crippen molar-refractivity contribution < 1.29 is 9.47 Å². The SMILES string of the molecule is COCCCCN1CCC(N)CC1.COCCCCN1CCC(N)CC1. The van der Waals surface area contributed by atoms with E-state index in [2.05, 4.69) is 9.80 Å². The number of methoxy groups -OCH3 is 2. The lowest BCUT2D eigenvalue weighted by molar-refractivity contribution is 0.174. The van der Waals surface area contributed by atoms with Crippen LogP contribution in [0.4, 0.5) is 0 Å². The number of piperidine rings is 2. The number of unbranched alkanes of at least 4 members (excludes halogenated alkanes) is 2. The van der Waals surface area contributed by atoms with Crippen LogP contribution in [-0.2, 0) is 9.47 Å². The molecule has 156 valence electrons. The molecular formula is C20H44N4O2. The molecule has 2 rings (SSSR count). The van der Waals surface area contributed by atoms with Gasteiger partial charge in [0.15, 0.2) is 0 Å². The Bertz CT molecular complexity index is 274. The number of hydrogen-bond donors (Lipinski definition) is 2. The Hall–Kier alpha value is -0.240. The summed E-state index contributed by atoms with van der Waals surface area (Å²) in [5.41, 5.74) is 11.7. The summed E-state index contributed by atoms with van der Waals surface area (Å²) in [7, 11) is 3.53. The normalized spacial score (nSPS) is 20.8. The Kier molecular flexibility index (Phi) is 14.4. The molecule has 6 nitrogen and oxygen atoms in total. The Balaban J connectivity index is 0.000000260. The summed E-state index contributed by atoms with van der Waals surface area (Å²) in [5.74, 6) is 0. The number of hydrogen-bond acceptors (Lipinski definition) is 6. The molecule has 4 N–H and O–H groups in total. The maximum atomic E-state index is 5.83. The van der Waals surface area contributed by atoms with Crippen LogP contribution in [0, 0.1) is 0 Å². The number of ether oxygens (including phenoxy) is 2. The van der Waals surface area contributed by atoms with Gasteiger partial charge in [0.2, 0.25) is 0 Å². The van der Waals surface area contributed by atoms with E-state index >= 15 is 0 Å². The molecule has 0 saturated carbocycles. The molecule has 0 aromatic heterocycles. The zero-order valence-electron chi connectivity index (χ0n) is 17.3. The minimum Gasteiger partial charge on any atom is -0.385 e.